The van der Waals surface area contributed by atoms with Crippen LogP contribution in [0.5, 0.6) is 5.75 Å². The molecule has 0 N–H and O–H groups in total. The number of para-hydroxylation sites is 2. The number of hydrogen-bond donors (Lipinski definition) is 0. The minimum atomic E-state index is 0.533. The van der Waals surface area contributed by atoms with Gasteiger partial charge in [0.25, 0.3) is 0 Å². The molecule has 0 atom stereocenters. The van der Waals surface area contributed by atoms with Crippen LogP contribution in [0.3, 0.4) is 0 Å². The van der Waals surface area contributed by atoms with Gasteiger partial charge in [0.05, 0.1) is 11.6 Å². The predicted molar refractivity (Wildman–Crippen MR) is 131 cm³/mol. The number of hydrogen-bond acceptors (Lipinski definition) is 2. The molecule has 156 valence electrons. The molecule has 1 aliphatic rings. The van der Waals surface area contributed by atoms with Gasteiger partial charge in [-0.25, -0.2) is 0 Å². The lowest BCUT2D eigenvalue weighted by Gasteiger charge is -2.30. The third-order valence-corrected chi connectivity index (χ3v) is 6.65. The number of aromatic nitrogens is 1. The van der Waals surface area contributed by atoms with E-state index in [9.17, 15) is 0 Å². The van der Waals surface area contributed by atoms with Crippen molar-refractivity contribution in [3.63, 3.8) is 0 Å². The molecule has 3 nitrogen and oxygen atoms in total. The highest BCUT2D eigenvalue weighted by molar-refractivity contribution is 7.80. The summed E-state index contributed by atoms with van der Waals surface area (Å²) in [4.78, 5) is 3.24. The number of ether oxygens (including phenoxy) is 1. The number of benzene rings is 3. The van der Waals surface area contributed by atoms with Crippen LogP contribution in [0.4, 0.5) is 0 Å². The highest BCUT2D eigenvalue weighted by Crippen LogP contribution is 2.27. The van der Waals surface area contributed by atoms with Gasteiger partial charge in [-0.15, -0.1) is 0 Å². The van der Waals surface area contributed by atoms with Crippen LogP contribution in [0.1, 0.15) is 16.7 Å². The van der Waals surface area contributed by atoms with Crippen molar-refractivity contribution in [3.05, 3.63) is 101 Å². The number of nitrogens with zero attached hydrogens (tertiary/aromatic N) is 2. The molecule has 1 aromatic heterocycles. The summed E-state index contributed by atoms with van der Waals surface area (Å²) in [6.45, 7) is 3.07. The summed E-state index contributed by atoms with van der Waals surface area (Å²) >= 11 is 12.2. The zero-order valence-electron chi connectivity index (χ0n) is 17.1. The molecule has 0 unspecified atom stereocenters. The first kappa shape index (κ1) is 20.1. The van der Waals surface area contributed by atoms with E-state index in [0.29, 0.717) is 17.4 Å². The van der Waals surface area contributed by atoms with E-state index in [0.717, 1.165) is 36.6 Å². The average Bonchev–Trinajstić information content (AvgIpc) is 3.18. The first-order valence-corrected chi connectivity index (χ1v) is 11.3. The van der Waals surface area contributed by atoms with Crippen LogP contribution >= 0.6 is 23.8 Å². The van der Waals surface area contributed by atoms with Gasteiger partial charge in [0.1, 0.15) is 17.3 Å². The van der Waals surface area contributed by atoms with Gasteiger partial charge in [0.2, 0.25) is 0 Å². The van der Waals surface area contributed by atoms with Gasteiger partial charge in [0, 0.05) is 35.8 Å². The highest BCUT2D eigenvalue weighted by atomic mass is 35.5. The largest absolute Gasteiger partial charge is 0.490 e. The quantitative estimate of drug-likeness (QED) is 0.344. The fourth-order valence-electron chi connectivity index (χ4n) is 4.26. The smallest absolute Gasteiger partial charge is 0.137 e. The zero-order chi connectivity index (χ0) is 21.2. The topological polar surface area (TPSA) is 17.4 Å². The maximum absolute atomic E-state index is 6.21. The van der Waals surface area contributed by atoms with Gasteiger partial charge in [-0.05, 0) is 35.7 Å². The summed E-state index contributed by atoms with van der Waals surface area (Å²) in [5, 5.41) is 1.82. The molecule has 0 radical (unpaired) electrons. The van der Waals surface area contributed by atoms with Gasteiger partial charge in [-0.1, -0.05) is 78.4 Å². The number of halogens is 1. The van der Waals surface area contributed by atoms with E-state index in [1.54, 1.807) is 0 Å². The van der Waals surface area contributed by atoms with Gasteiger partial charge in [0.15, 0.2) is 0 Å². The lowest BCUT2D eigenvalue weighted by atomic mass is 9.99. The van der Waals surface area contributed by atoms with Crippen molar-refractivity contribution in [1.29, 1.82) is 0 Å². The van der Waals surface area contributed by atoms with Crippen molar-refractivity contribution in [2.45, 2.75) is 19.5 Å². The molecule has 31 heavy (non-hydrogen) atoms. The second-order valence-electron chi connectivity index (χ2n) is 7.78. The Morgan fingerprint density at radius 3 is 2.55 bits per heavy atom. The summed E-state index contributed by atoms with van der Waals surface area (Å²) in [5.41, 5.74) is 5.08. The van der Waals surface area contributed by atoms with Crippen LogP contribution in [0.25, 0.3) is 10.9 Å². The first-order chi connectivity index (χ1) is 15.2. The van der Waals surface area contributed by atoms with Crippen LogP contribution in [0.15, 0.2) is 79.0 Å². The van der Waals surface area contributed by atoms with Crippen LogP contribution in [0.2, 0.25) is 5.02 Å². The minimum Gasteiger partial charge on any atom is -0.490 e. The van der Waals surface area contributed by atoms with Crippen molar-refractivity contribution in [2.24, 2.45) is 0 Å². The third-order valence-electron chi connectivity index (χ3n) is 5.86. The van der Waals surface area contributed by atoms with Crippen molar-refractivity contribution >= 4 is 39.7 Å². The maximum atomic E-state index is 6.21. The van der Waals surface area contributed by atoms with Gasteiger partial charge in [-0.3, -0.25) is 0 Å². The van der Waals surface area contributed by atoms with Crippen molar-refractivity contribution < 1.29 is 4.74 Å². The molecular formula is C26H23ClN2OS. The van der Waals surface area contributed by atoms with Gasteiger partial charge in [-0.2, -0.15) is 0 Å². The highest BCUT2D eigenvalue weighted by Gasteiger charge is 2.21. The summed E-state index contributed by atoms with van der Waals surface area (Å²) in [6, 6.07) is 24.7. The number of fused-ring (bicyclic) bond motifs is 2. The molecule has 4 aromatic rings. The molecule has 0 saturated heterocycles. The summed E-state index contributed by atoms with van der Waals surface area (Å²) in [7, 11) is 0. The minimum absolute atomic E-state index is 0.533. The molecule has 1 aliphatic heterocycles. The molecule has 0 spiro atoms. The van der Waals surface area contributed by atoms with E-state index >= 15 is 0 Å². The fourth-order valence-corrected chi connectivity index (χ4v) is 4.77. The Balaban J connectivity index is 1.37. The van der Waals surface area contributed by atoms with Crippen molar-refractivity contribution in [3.8, 4) is 5.75 Å². The second kappa shape index (κ2) is 8.74. The average molecular weight is 447 g/mol. The summed E-state index contributed by atoms with van der Waals surface area (Å²) < 4.78 is 8.15. The Bertz CT molecular complexity index is 1250. The summed E-state index contributed by atoms with van der Waals surface area (Å²) in [5.74, 6) is 0.711. The van der Waals surface area contributed by atoms with E-state index in [4.69, 9.17) is 28.6 Å². The SMILES string of the molecule is S=C(c1cn(CCOc2ccccc2Cl)c2ccccc12)N1CCc2ccccc2C1. The Hall–Kier alpha value is -2.82. The molecule has 0 amide bonds. The molecule has 0 aliphatic carbocycles. The Morgan fingerprint density at radius 1 is 0.935 bits per heavy atom. The lowest BCUT2D eigenvalue weighted by molar-refractivity contribution is 0.300. The van der Waals surface area contributed by atoms with Crippen LogP contribution in [-0.4, -0.2) is 27.6 Å². The lowest BCUT2D eigenvalue weighted by Crippen LogP contribution is -2.35. The van der Waals surface area contributed by atoms with Gasteiger partial charge >= 0.3 is 0 Å². The first-order valence-electron chi connectivity index (χ1n) is 10.5. The van der Waals surface area contributed by atoms with Gasteiger partial charge < -0.3 is 14.2 Å². The molecule has 0 fully saturated rings. The van der Waals surface area contributed by atoms with E-state index in [-0.39, 0.29) is 0 Å². The maximum Gasteiger partial charge on any atom is 0.137 e. The molecule has 0 bridgehead atoms. The Labute approximate surface area is 192 Å². The predicted octanol–water partition coefficient (Wildman–Crippen LogP) is 6.11. The molecule has 5 rings (SSSR count). The van der Waals surface area contributed by atoms with Crippen LogP contribution in [0, 0.1) is 0 Å². The molecule has 5 heteroatoms. The van der Waals surface area contributed by atoms with Crippen molar-refractivity contribution in [1.82, 2.24) is 9.47 Å². The molecular weight excluding hydrogens is 424 g/mol. The van der Waals surface area contributed by atoms with E-state index < -0.39 is 0 Å². The van der Waals surface area contributed by atoms with E-state index in [2.05, 4.69) is 64.2 Å². The molecule has 2 heterocycles. The fraction of sp³-hybridized carbons (Fsp3) is 0.192. The molecule has 0 saturated carbocycles. The van der Waals surface area contributed by atoms with Crippen LogP contribution in [-0.2, 0) is 19.5 Å². The molecule has 3 aromatic carbocycles. The third kappa shape index (κ3) is 4.06. The number of rotatable bonds is 5. The monoisotopic (exact) mass is 446 g/mol. The Morgan fingerprint density at radius 2 is 1.68 bits per heavy atom. The standard InChI is InChI=1S/C26H23ClN2OS/c27-23-10-4-6-12-25(23)30-16-15-28-18-22(21-9-3-5-11-24(21)28)26(31)29-14-13-19-7-1-2-8-20(19)17-29/h1-12,18H,13-17H2. The second-order valence-corrected chi connectivity index (χ2v) is 8.57. The van der Waals surface area contributed by atoms with E-state index in [1.807, 2.05) is 24.3 Å². The normalized spacial score (nSPS) is 13.3. The Kier molecular flexibility index (Phi) is 5.66. The van der Waals surface area contributed by atoms with Crippen molar-refractivity contribution in [2.75, 3.05) is 13.2 Å². The zero-order valence-corrected chi connectivity index (χ0v) is 18.7. The van der Waals surface area contributed by atoms with Crippen LogP contribution < -0.4 is 4.74 Å². The summed E-state index contributed by atoms with van der Waals surface area (Å²) in [6.07, 6.45) is 3.20. The number of thiocarbonyl (C=S) groups is 1. The van der Waals surface area contributed by atoms with E-state index in [1.165, 1.54) is 22.0 Å².